The van der Waals surface area contributed by atoms with Crippen molar-refractivity contribution in [3.63, 3.8) is 0 Å². The molecule has 0 saturated carbocycles. The lowest BCUT2D eigenvalue weighted by atomic mass is 9.67. The number of dihydropyridines is 1. The summed E-state index contributed by atoms with van der Waals surface area (Å²) in [5.41, 5.74) is 5.35. The van der Waals surface area contributed by atoms with Gasteiger partial charge in [-0.05, 0) is 56.4 Å². The zero-order valence-corrected chi connectivity index (χ0v) is 24.4. The van der Waals surface area contributed by atoms with Crippen LogP contribution in [0.3, 0.4) is 0 Å². The van der Waals surface area contributed by atoms with Gasteiger partial charge >= 0.3 is 0 Å². The largest absolute Gasteiger partial charge is 0.391 e. The molecule has 0 aromatic heterocycles. The predicted octanol–water partition coefficient (Wildman–Crippen LogP) is 4.14. The molecule has 0 radical (unpaired) electrons. The van der Waals surface area contributed by atoms with Gasteiger partial charge < -0.3 is 21.1 Å². The summed E-state index contributed by atoms with van der Waals surface area (Å²) in [7, 11) is 0. The number of carbonyl (C=O) groups excluding carboxylic acids is 2. The van der Waals surface area contributed by atoms with Crippen molar-refractivity contribution >= 4 is 18.0 Å². The van der Waals surface area contributed by atoms with Gasteiger partial charge in [0, 0.05) is 43.4 Å². The van der Waals surface area contributed by atoms with Crippen molar-refractivity contribution in [3.05, 3.63) is 82.9 Å². The average molecular weight is 569 g/mol. The summed E-state index contributed by atoms with van der Waals surface area (Å²) >= 11 is 0. The van der Waals surface area contributed by atoms with Gasteiger partial charge in [-0.1, -0.05) is 50.3 Å². The fraction of sp³-hybridized carbons (Fsp3) is 0.469. The number of rotatable bonds is 14. The first-order valence-corrected chi connectivity index (χ1v) is 14.2. The maximum absolute atomic E-state index is 14.2. The van der Waals surface area contributed by atoms with Crippen LogP contribution in [0.5, 0.6) is 0 Å². The van der Waals surface area contributed by atoms with E-state index in [0.29, 0.717) is 13.1 Å². The van der Waals surface area contributed by atoms with E-state index < -0.39 is 40.5 Å². The molecular formula is C32H42F2N4O3. The van der Waals surface area contributed by atoms with E-state index in [1.54, 1.807) is 4.90 Å². The standard InChI is InChI=1S/C32H42F2N4O3/c1-5-12-38(13-6-2)29(40)23-18-32(30(35)41,21-36-19-23)27(16-22-14-25(33)17-26(34)15-22)28(39)20-37-31(3,4)24-10-8-7-9-11-24/h7-11,14-15,17-19,27-28,37,39H,5-6,12-13,16,20-21H2,1-4H3,(H2,35,41)/t27-,28+,32?/m1/s1. The van der Waals surface area contributed by atoms with Crippen molar-refractivity contribution in [2.75, 3.05) is 26.2 Å². The lowest BCUT2D eigenvalue weighted by Crippen LogP contribution is -2.54. The number of aliphatic hydroxyl groups excluding tert-OH is 1. The third kappa shape index (κ3) is 7.86. The van der Waals surface area contributed by atoms with Gasteiger partial charge in [0.05, 0.1) is 23.6 Å². The number of nitrogens with zero attached hydrogens (tertiary/aromatic N) is 2. The molecule has 0 spiro atoms. The maximum atomic E-state index is 14.2. The smallest absolute Gasteiger partial charge is 0.255 e. The Hall–Kier alpha value is -3.43. The third-order valence-electron chi connectivity index (χ3n) is 7.73. The third-order valence-corrected chi connectivity index (χ3v) is 7.73. The molecule has 3 atom stereocenters. The Balaban J connectivity index is 2.03. The summed E-state index contributed by atoms with van der Waals surface area (Å²) < 4.78 is 28.4. The predicted molar refractivity (Wildman–Crippen MR) is 157 cm³/mol. The lowest BCUT2D eigenvalue weighted by molar-refractivity contribution is -0.130. The monoisotopic (exact) mass is 568 g/mol. The van der Waals surface area contributed by atoms with Crippen molar-refractivity contribution in [2.24, 2.45) is 22.1 Å². The van der Waals surface area contributed by atoms with Crippen LogP contribution in [0.2, 0.25) is 0 Å². The van der Waals surface area contributed by atoms with Crippen LogP contribution in [0.1, 0.15) is 51.7 Å². The zero-order chi connectivity index (χ0) is 30.2. The number of nitrogens with two attached hydrogens (primary N) is 1. The molecule has 1 heterocycles. The van der Waals surface area contributed by atoms with Gasteiger partial charge in [-0.15, -0.1) is 0 Å². The van der Waals surface area contributed by atoms with Crippen LogP contribution in [0.4, 0.5) is 8.78 Å². The summed E-state index contributed by atoms with van der Waals surface area (Å²) in [6, 6.07) is 12.8. The van der Waals surface area contributed by atoms with E-state index in [-0.39, 0.29) is 36.6 Å². The summed E-state index contributed by atoms with van der Waals surface area (Å²) in [6.45, 7) is 8.88. The fourth-order valence-electron chi connectivity index (χ4n) is 5.47. The van der Waals surface area contributed by atoms with E-state index in [1.165, 1.54) is 24.4 Å². The number of hydrogen-bond donors (Lipinski definition) is 3. The first-order valence-electron chi connectivity index (χ1n) is 14.2. The first-order chi connectivity index (χ1) is 19.4. The molecule has 0 aliphatic carbocycles. The fourth-order valence-corrected chi connectivity index (χ4v) is 5.47. The van der Waals surface area contributed by atoms with Gasteiger partial charge in [0.1, 0.15) is 11.6 Å². The van der Waals surface area contributed by atoms with Gasteiger partial charge in [-0.3, -0.25) is 14.6 Å². The Labute approximate surface area is 241 Å². The Kier molecular flexibility index (Phi) is 10.9. The second kappa shape index (κ2) is 14.0. The Morgan fingerprint density at radius 2 is 1.71 bits per heavy atom. The maximum Gasteiger partial charge on any atom is 0.255 e. The highest BCUT2D eigenvalue weighted by Crippen LogP contribution is 2.39. The van der Waals surface area contributed by atoms with E-state index in [1.807, 2.05) is 58.0 Å². The van der Waals surface area contributed by atoms with E-state index in [2.05, 4.69) is 10.3 Å². The molecule has 2 amide bonds. The number of carbonyl (C=O) groups is 2. The molecule has 2 aromatic rings. The van der Waals surface area contributed by atoms with Crippen LogP contribution in [-0.2, 0) is 21.5 Å². The van der Waals surface area contributed by atoms with Crippen molar-refractivity contribution in [3.8, 4) is 0 Å². The molecule has 0 fully saturated rings. The molecule has 0 saturated heterocycles. The molecule has 0 bridgehead atoms. The quantitative estimate of drug-likeness (QED) is 0.318. The van der Waals surface area contributed by atoms with Gasteiger partial charge in [-0.2, -0.15) is 0 Å². The Morgan fingerprint density at radius 3 is 2.27 bits per heavy atom. The topological polar surface area (TPSA) is 108 Å². The van der Waals surface area contributed by atoms with Crippen molar-refractivity contribution in [1.82, 2.24) is 10.2 Å². The van der Waals surface area contributed by atoms with Gasteiger partial charge in [0.25, 0.3) is 5.91 Å². The van der Waals surface area contributed by atoms with Crippen LogP contribution in [0, 0.1) is 23.0 Å². The first kappa shape index (κ1) is 32.1. The van der Waals surface area contributed by atoms with E-state index in [0.717, 1.165) is 24.5 Å². The second-order valence-electron chi connectivity index (χ2n) is 11.3. The highest BCUT2D eigenvalue weighted by molar-refractivity contribution is 6.13. The number of hydrogen-bond acceptors (Lipinski definition) is 5. The number of halogens is 2. The summed E-state index contributed by atoms with van der Waals surface area (Å²) in [5, 5.41) is 15.0. The van der Waals surface area contributed by atoms with Crippen LogP contribution in [0.15, 0.2) is 65.2 Å². The average Bonchev–Trinajstić information content (AvgIpc) is 2.94. The Bertz CT molecular complexity index is 1240. The molecular weight excluding hydrogens is 526 g/mol. The van der Waals surface area contributed by atoms with Gasteiger partial charge in [0.2, 0.25) is 5.91 Å². The highest BCUT2D eigenvalue weighted by atomic mass is 19.1. The van der Waals surface area contributed by atoms with Crippen molar-refractivity contribution in [1.29, 1.82) is 0 Å². The van der Waals surface area contributed by atoms with Crippen molar-refractivity contribution in [2.45, 2.75) is 58.6 Å². The molecule has 9 heteroatoms. The van der Waals surface area contributed by atoms with Crippen molar-refractivity contribution < 1.29 is 23.5 Å². The minimum atomic E-state index is -1.58. The molecule has 1 aliphatic rings. The molecule has 3 rings (SSSR count). The van der Waals surface area contributed by atoms with E-state index in [9.17, 15) is 23.5 Å². The summed E-state index contributed by atoms with van der Waals surface area (Å²) in [6.07, 6.45) is 3.19. The summed E-state index contributed by atoms with van der Waals surface area (Å²) in [4.78, 5) is 32.8. The van der Waals surface area contributed by atoms with Gasteiger partial charge in [0.15, 0.2) is 0 Å². The molecule has 41 heavy (non-hydrogen) atoms. The minimum absolute atomic E-state index is 0.0397. The van der Waals surface area contributed by atoms with Crippen LogP contribution in [0.25, 0.3) is 0 Å². The number of primary amides is 1. The number of aliphatic imine (C=N–C) groups is 1. The molecule has 222 valence electrons. The number of nitrogens with one attached hydrogen (secondary N) is 1. The van der Waals surface area contributed by atoms with Crippen LogP contribution >= 0.6 is 0 Å². The second-order valence-corrected chi connectivity index (χ2v) is 11.3. The number of benzene rings is 2. The van der Waals surface area contributed by atoms with E-state index in [4.69, 9.17) is 5.73 Å². The summed E-state index contributed by atoms with van der Waals surface area (Å²) in [5.74, 6) is -3.55. The van der Waals surface area contributed by atoms with Crippen LogP contribution in [-0.4, -0.2) is 60.3 Å². The molecule has 1 unspecified atom stereocenters. The SMILES string of the molecule is CCCN(CCC)C(=O)C1=CC(C(N)=O)([C@H](Cc2cc(F)cc(F)c2)[C@@H](O)CNC(C)(C)c2ccccc2)CN=C1. The molecule has 1 aliphatic heterocycles. The molecule has 4 N–H and O–H groups in total. The highest BCUT2D eigenvalue weighted by Gasteiger charge is 2.48. The molecule has 2 aromatic carbocycles. The number of aliphatic hydroxyl groups is 1. The van der Waals surface area contributed by atoms with Gasteiger partial charge in [-0.25, -0.2) is 8.78 Å². The zero-order valence-electron chi connectivity index (χ0n) is 24.4. The lowest BCUT2D eigenvalue weighted by Gasteiger charge is -2.41. The normalized spacial score (nSPS) is 18.5. The Morgan fingerprint density at radius 1 is 1.10 bits per heavy atom. The van der Waals surface area contributed by atoms with E-state index >= 15 is 0 Å². The van der Waals surface area contributed by atoms with Crippen LogP contribution < -0.4 is 11.1 Å². The minimum Gasteiger partial charge on any atom is -0.391 e. The molecule has 7 nitrogen and oxygen atoms in total. The number of amides is 2.